The van der Waals surface area contributed by atoms with Crippen molar-refractivity contribution in [3.05, 3.63) is 46.3 Å². The molecule has 1 saturated heterocycles. The summed E-state index contributed by atoms with van der Waals surface area (Å²) in [6, 6.07) is 4.19. The van der Waals surface area contributed by atoms with Crippen LogP contribution in [0.1, 0.15) is 49.8 Å². The average Bonchev–Trinajstić information content (AvgIpc) is 3.25. The van der Waals surface area contributed by atoms with Crippen LogP contribution in [0.25, 0.3) is 11.3 Å². The summed E-state index contributed by atoms with van der Waals surface area (Å²) in [6.45, 7) is 9.72. The Morgan fingerprint density at radius 1 is 1.28 bits per heavy atom. The van der Waals surface area contributed by atoms with Gasteiger partial charge in [-0.2, -0.15) is 10.2 Å². The van der Waals surface area contributed by atoms with Crippen molar-refractivity contribution >= 4 is 22.6 Å². The normalized spacial score (nSPS) is 18.7. The molecule has 2 aliphatic heterocycles. The lowest BCUT2D eigenvalue weighted by molar-refractivity contribution is 0.185. The first-order chi connectivity index (χ1) is 14.2. The number of alkyl halides is 1. The van der Waals surface area contributed by atoms with Gasteiger partial charge < -0.3 is 9.80 Å². The Labute approximate surface area is 179 Å². The van der Waals surface area contributed by atoms with Crippen LogP contribution in [0.4, 0.5) is 4.39 Å². The monoisotopic (exact) mass is 418 g/mol. The van der Waals surface area contributed by atoms with Gasteiger partial charge in [-0.25, -0.2) is 0 Å². The summed E-state index contributed by atoms with van der Waals surface area (Å²) in [5, 5.41) is 8.72. The van der Waals surface area contributed by atoms with Gasteiger partial charge in [0.1, 0.15) is 12.4 Å². The van der Waals surface area contributed by atoms with Gasteiger partial charge in [0, 0.05) is 17.6 Å². The standard InChI is InChI=1S/C21H29FN4S.C2H6/c1-3-5-18(6-4-11-22)20-7-8-21(27-20)19-15-26(16-23-24-19)14-17-9-12-25(2)13-10-17;1-2/h3,5-8,15,17H,4,9-14,16H2,1-2H3;1-2H3/b5-3-,18-6+;. The highest BCUT2D eigenvalue weighted by atomic mass is 32.1. The van der Waals surface area contributed by atoms with Gasteiger partial charge in [0.2, 0.25) is 0 Å². The molecule has 0 unspecified atom stereocenters. The first-order valence-corrected chi connectivity index (χ1v) is 11.5. The largest absolute Gasteiger partial charge is 0.354 e. The molecular weight excluding hydrogens is 383 g/mol. The first-order valence-electron chi connectivity index (χ1n) is 10.7. The lowest BCUT2D eigenvalue weighted by Gasteiger charge is -2.32. The number of rotatable bonds is 7. The highest BCUT2D eigenvalue weighted by Gasteiger charge is 2.20. The molecular formula is C23H35FN4S. The number of thiophene rings is 1. The highest BCUT2D eigenvalue weighted by Crippen LogP contribution is 2.32. The summed E-state index contributed by atoms with van der Waals surface area (Å²) in [5.74, 6) is 0.732. The molecule has 1 fully saturated rings. The number of halogens is 1. The fourth-order valence-electron chi connectivity index (χ4n) is 3.50. The van der Waals surface area contributed by atoms with E-state index >= 15 is 0 Å². The van der Waals surface area contributed by atoms with Crippen molar-refractivity contribution in [2.24, 2.45) is 16.1 Å². The van der Waals surface area contributed by atoms with E-state index in [1.807, 2.05) is 39.0 Å². The minimum atomic E-state index is -0.329. The number of nitrogens with zero attached hydrogens (tertiary/aromatic N) is 4. The topological polar surface area (TPSA) is 31.2 Å². The van der Waals surface area contributed by atoms with Gasteiger partial charge in [-0.1, -0.05) is 32.1 Å². The van der Waals surface area contributed by atoms with E-state index in [2.05, 4.69) is 45.4 Å². The second-order valence-corrected chi connectivity index (χ2v) is 8.30. The lowest BCUT2D eigenvalue weighted by Crippen LogP contribution is -2.35. The SMILES string of the molecule is C/C=C\C(=C/CCF)c1ccc(C2=CN(CC3CCN(C)CC3)CN=N2)s1.CC. The molecule has 0 atom stereocenters. The van der Waals surface area contributed by atoms with E-state index in [4.69, 9.17) is 0 Å². The van der Waals surface area contributed by atoms with E-state index in [1.165, 1.54) is 25.9 Å². The zero-order valence-corrected chi connectivity index (χ0v) is 19.1. The van der Waals surface area contributed by atoms with Crippen molar-refractivity contribution in [3.63, 3.8) is 0 Å². The van der Waals surface area contributed by atoms with E-state index < -0.39 is 0 Å². The van der Waals surface area contributed by atoms with Crippen molar-refractivity contribution in [2.75, 3.05) is 40.0 Å². The predicted octanol–water partition coefficient (Wildman–Crippen LogP) is 6.46. The molecule has 1 aromatic rings. The number of hydrogen-bond acceptors (Lipinski definition) is 5. The van der Waals surface area contributed by atoms with Crippen LogP contribution >= 0.6 is 11.3 Å². The van der Waals surface area contributed by atoms with Gasteiger partial charge in [-0.05, 0) is 69.9 Å². The van der Waals surface area contributed by atoms with Crippen LogP contribution < -0.4 is 0 Å². The molecule has 160 valence electrons. The molecule has 0 saturated carbocycles. The zero-order chi connectivity index (χ0) is 21.1. The molecule has 0 amide bonds. The molecule has 0 radical (unpaired) electrons. The molecule has 0 bridgehead atoms. The number of hydrogen-bond donors (Lipinski definition) is 0. The van der Waals surface area contributed by atoms with Crippen LogP contribution in [0.15, 0.2) is 46.8 Å². The van der Waals surface area contributed by atoms with E-state index in [1.54, 1.807) is 11.3 Å². The van der Waals surface area contributed by atoms with Crippen molar-refractivity contribution < 1.29 is 4.39 Å². The van der Waals surface area contributed by atoms with Crippen molar-refractivity contribution in [2.45, 2.75) is 40.0 Å². The minimum Gasteiger partial charge on any atom is -0.354 e. The Hall–Kier alpha value is -1.79. The summed E-state index contributed by atoms with van der Waals surface area (Å²) in [7, 11) is 2.20. The Morgan fingerprint density at radius 2 is 2.03 bits per heavy atom. The summed E-state index contributed by atoms with van der Waals surface area (Å²) in [6.07, 6.45) is 11.1. The Balaban J connectivity index is 0.00000145. The summed E-state index contributed by atoms with van der Waals surface area (Å²) in [4.78, 5) is 6.95. The smallest absolute Gasteiger partial charge is 0.131 e. The maximum Gasteiger partial charge on any atom is 0.131 e. The third kappa shape index (κ3) is 7.19. The molecule has 0 aromatic carbocycles. The van der Waals surface area contributed by atoms with E-state index in [9.17, 15) is 4.39 Å². The van der Waals surface area contributed by atoms with Crippen LogP contribution in [0.3, 0.4) is 0 Å². The van der Waals surface area contributed by atoms with Gasteiger partial charge in [0.05, 0.1) is 11.6 Å². The van der Waals surface area contributed by atoms with E-state index in [0.29, 0.717) is 13.1 Å². The number of piperidine rings is 1. The minimum absolute atomic E-state index is 0.329. The first kappa shape index (κ1) is 23.5. The molecule has 4 nitrogen and oxygen atoms in total. The Morgan fingerprint density at radius 3 is 2.72 bits per heavy atom. The lowest BCUT2D eigenvalue weighted by atomic mass is 9.97. The summed E-state index contributed by atoms with van der Waals surface area (Å²) >= 11 is 1.69. The van der Waals surface area contributed by atoms with Gasteiger partial charge in [0.15, 0.2) is 0 Å². The molecule has 0 N–H and O–H groups in total. The average molecular weight is 419 g/mol. The third-order valence-corrected chi connectivity index (χ3v) is 6.18. The number of likely N-dealkylation sites (tertiary alicyclic amines) is 1. The zero-order valence-electron chi connectivity index (χ0n) is 18.3. The van der Waals surface area contributed by atoms with Crippen LogP contribution in [-0.4, -0.2) is 49.8 Å². The van der Waals surface area contributed by atoms with Crippen molar-refractivity contribution in [3.8, 4) is 0 Å². The van der Waals surface area contributed by atoms with E-state index in [-0.39, 0.29) is 6.67 Å². The van der Waals surface area contributed by atoms with Crippen molar-refractivity contribution in [1.29, 1.82) is 0 Å². The molecule has 6 heteroatoms. The fraction of sp³-hybridized carbons (Fsp3) is 0.565. The second kappa shape index (κ2) is 12.7. The molecule has 0 spiro atoms. The van der Waals surface area contributed by atoms with Crippen LogP contribution in [0, 0.1) is 5.92 Å². The maximum absolute atomic E-state index is 12.6. The summed E-state index contributed by atoms with van der Waals surface area (Å²) < 4.78 is 12.6. The molecule has 29 heavy (non-hydrogen) atoms. The Bertz CT molecular complexity index is 727. The number of allylic oxidation sites excluding steroid dienone is 4. The second-order valence-electron chi connectivity index (χ2n) is 7.22. The third-order valence-electron chi connectivity index (χ3n) is 5.02. The molecule has 1 aromatic heterocycles. The van der Waals surface area contributed by atoms with Crippen molar-refractivity contribution in [1.82, 2.24) is 9.80 Å². The van der Waals surface area contributed by atoms with Gasteiger partial charge in [-0.3, -0.25) is 4.39 Å². The molecule has 0 aliphatic carbocycles. The van der Waals surface area contributed by atoms with Gasteiger partial charge >= 0.3 is 0 Å². The van der Waals surface area contributed by atoms with Gasteiger partial charge in [-0.15, -0.1) is 11.3 Å². The number of azo groups is 1. The predicted molar refractivity (Wildman–Crippen MR) is 124 cm³/mol. The van der Waals surface area contributed by atoms with Gasteiger partial charge in [0.25, 0.3) is 0 Å². The van der Waals surface area contributed by atoms with E-state index in [0.717, 1.165) is 33.5 Å². The fourth-order valence-corrected chi connectivity index (χ4v) is 4.48. The molecule has 3 heterocycles. The molecule has 3 rings (SSSR count). The van der Waals surface area contributed by atoms with Crippen LogP contribution in [0.5, 0.6) is 0 Å². The van der Waals surface area contributed by atoms with Crippen LogP contribution in [-0.2, 0) is 0 Å². The summed E-state index contributed by atoms with van der Waals surface area (Å²) in [5.41, 5.74) is 2.00. The quantitative estimate of drug-likeness (QED) is 0.476. The highest BCUT2D eigenvalue weighted by molar-refractivity contribution is 7.14. The Kier molecular flexibility index (Phi) is 10.3. The maximum atomic E-state index is 12.6. The van der Waals surface area contributed by atoms with Crippen LogP contribution in [0.2, 0.25) is 0 Å². The molecule has 2 aliphatic rings.